The molecule has 1 atom stereocenters. The molecule has 1 spiro atoms. The molecule has 3 N–H and O–H groups in total. The van der Waals surface area contributed by atoms with Crippen LogP contribution in [0, 0.1) is 0 Å². The van der Waals surface area contributed by atoms with Crippen LogP contribution in [0.4, 0.5) is 4.79 Å². The zero-order valence-electron chi connectivity index (χ0n) is 13.7. The van der Waals surface area contributed by atoms with E-state index in [1.807, 2.05) is 24.3 Å². The summed E-state index contributed by atoms with van der Waals surface area (Å²) in [5.74, 6) is 0.0144. The molecular formula is C18H24N2O4. The lowest BCUT2D eigenvalue weighted by Gasteiger charge is -2.40. The van der Waals surface area contributed by atoms with Crippen molar-refractivity contribution in [1.29, 1.82) is 0 Å². The number of hydrogen-bond donors (Lipinski definition) is 3. The minimum Gasteiger partial charge on any atom is -0.487 e. The van der Waals surface area contributed by atoms with Gasteiger partial charge in [0.2, 0.25) is 0 Å². The summed E-state index contributed by atoms with van der Waals surface area (Å²) in [5, 5.41) is 14.4. The number of rotatable bonds is 5. The Morgan fingerprint density at radius 1 is 1.25 bits per heavy atom. The van der Waals surface area contributed by atoms with E-state index in [2.05, 4.69) is 10.6 Å². The molecule has 1 fully saturated rings. The van der Waals surface area contributed by atoms with Crippen LogP contribution in [-0.2, 0) is 4.79 Å². The van der Waals surface area contributed by atoms with E-state index >= 15 is 0 Å². The molecule has 24 heavy (non-hydrogen) atoms. The monoisotopic (exact) mass is 332 g/mol. The molecule has 6 nitrogen and oxygen atoms in total. The molecule has 1 aliphatic carbocycles. The Hall–Kier alpha value is -2.24. The number of carbonyl (C=O) groups excluding carboxylic acids is 1. The largest absolute Gasteiger partial charge is 0.487 e. The Kier molecular flexibility index (Phi) is 4.92. The van der Waals surface area contributed by atoms with E-state index in [0.29, 0.717) is 13.0 Å². The highest BCUT2D eigenvalue weighted by atomic mass is 16.5. The molecule has 0 radical (unpaired) electrons. The topological polar surface area (TPSA) is 87.7 Å². The summed E-state index contributed by atoms with van der Waals surface area (Å²) < 4.78 is 6.28. The maximum Gasteiger partial charge on any atom is 0.315 e. The smallest absolute Gasteiger partial charge is 0.315 e. The van der Waals surface area contributed by atoms with Crippen LogP contribution < -0.4 is 15.4 Å². The minimum absolute atomic E-state index is 0.0590. The number of para-hydroxylation sites is 1. The van der Waals surface area contributed by atoms with Gasteiger partial charge >= 0.3 is 12.0 Å². The van der Waals surface area contributed by atoms with E-state index in [0.717, 1.165) is 43.4 Å². The fraction of sp³-hybridized carbons (Fsp3) is 0.556. The lowest BCUT2D eigenvalue weighted by atomic mass is 9.86. The summed E-state index contributed by atoms with van der Waals surface area (Å²) in [5.41, 5.74) is 0.853. The van der Waals surface area contributed by atoms with Crippen LogP contribution >= 0.6 is 0 Å². The number of carboxylic acid groups (broad SMARTS) is 1. The molecule has 1 unspecified atom stereocenters. The lowest BCUT2D eigenvalue weighted by Crippen LogP contribution is -2.46. The van der Waals surface area contributed by atoms with Crippen molar-refractivity contribution in [3.05, 3.63) is 29.8 Å². The molecule has 1 saturated carbocycles. The number of amides is 2. The SMILES string of the molecule is O=C(O)CCCNC(=O)NC1CC2(CCCC2)Oc2ccccc21. The molecule has 3 rings (SSSR count). The van der Waals surface area contributed by atoms with Gasteiger partial charge < -0.3 is 20.5 Å². The number of benzene rings is 1. The van der Waals surface area contributed by atoms with Crippen molar-refractivity contribution in [1.82, 2.24) is 10.6 Å². The van der Waals surface area contributed by atoms with E-state index in [1.165, 1.54) is 0 Å². The Balaban J connectivity index is 1.63. The Morgan fingerprint density at radius 2 is 2.00 bits per heavy atom. The number of aliphatic carboxylic acids is 1. The lowest BCUT2D eigenvalue weighted by molar-refractivity contribution is -0.137. The van der Waals surface area contributed by atoms with Crippen LogP contribution in [0.3, 0.4) is 0 Å². The maximum atomic E-state index is 12.2. The van der Waals surface area contributed by atoms with Crippen molar-refractivity contribution in [2.45, 2.75) is 56.6 Å². The molecule has 0 saturated heterocycles. The number of ether oxygens (including phenoxy) is 1. The van der Waals surface area contributed by atoms with Gasteiger partial charge in [-0.3, -0.25) is 4.79 Å². The van der Waals surface area contributed by atoms with Crippen LogP contribution in [0.15, 0.2) is 24.3 Å². The summed E-state index contributed by atoms with van der Waals surface area (Å²) >= 11 is 0. The predicted octanol–water partition coefficient (Wildman–Crippen LogP) is 2.99. The van der Waals surface area contributed by atoms with Crippen molar-refractivity contribution in [3.63, 3.8) is 0 Å². The van der Waals surface area contributed by atoms with E-state index in [-0.39, 0.29) is 24.1 Å². The first-order valence-corrected chi connectivity index (χ1v) is 8.62. The van der Waals surface area contributed by atoms with Gasteiger partial charge in [0.05, 0.1) is 6.04 Å². The Morgan fingerprint density at radius 3 is 2.75 bits per heavy atom. The van der Waals surface area contributed by atoms with E-state index in [9.17, 15) is 9.59 Å². The summed E-state index contributed by atoms with van der Waals surface area (Å²) in [4.78, 5) is 22.7. The summed E-state index contributed by atoms with van der Waals surface area (Å²) in [7, 11) is 0. The van der Waals surface area contributed by atoms with Crippen molar-refractivity contribution < 1.29 is 19.4 Å². The summed E-state index contributed by atoms with van der Waals surface area (Å²) in [6, 6.07) is 7.53. The highest BCUT2D eigenvalue weighted by molar-refractivity contribution is 5.74. The standard InChI is InChI=1S/C18H24N2O4/c21-16(22)8-5-11-19-17(23)20-14-12-18(9-3-4-10-18)24-15-7-2-1-6-13(14)15/h1-2,6-7,14H,3-5,8-12H2,(H,21,22)(H2,19,20,23). The molecule has 0 aromatic heterocycles. The summed E-state index contributed by atoms with van der Waals surface area (Å²) in [6.07, 6.45) is 5.65. The van der Waals surface area contributed by atoms with Crippen LogP contribution in [-0.4, -0.2) is 29.3 Å². The second kappa shape index (κ2) is 7.11. The van der Waals surface area contributed by atoms with E-state index < -0.39 is 5.97 Å². The van der Waals surface area contributed by atoms with E-state index in [1.54, 1.807) is 0 Å². The van der Waals surface area contributed by atoms with Crippen LogP contribution in [0.2, 0.25) is 0 Å². The highest BCUT2D eigenvalue weighted by Gasteiger charge is 2.43. The van der Waals surface area contributed by atoms with Gasteiger partial charge in [-0.25, -0.2) is 4.79 Å². The molecule has 1 aromatic carbocycles. The first-order valence-electron chi connectivity index (χ1n) is 8.62. The van der Waals surface area contributed by atoms with Crippen molar-refractivity contribution in [2.75, 3.05) is 6.54 Å². The third-order valence-corrected chi connectivity index (χ3v) is 4.87. The molecule has 1 aliphatic heterocycles. The normalized spacial score (nSPS) is 20.9. The van der Waals surface area contributed by atoms with Crippen LogP contribution in [0.25, 0.3) is 0 Å². The van der Waals surface area contributed by atoms with Gasteiger partial charge in [-0.1, -0.05) is 18.2 Å². The maximum absolute atomic E-state index is 12.2. The average Bonchev–Trinajstić information content (AvgIpc) is 2.99. The van der Waals surface area contributed by atoms with Gasteiger partial charge in [-0.15, -0.1) is 0 Å². The highest BCUT2D eigenvalue weighted by Crippen LogP contribution is 2.46. The zero-order chi connectivity index (χ0) is 17.0. The fourth-order valence-corrected chi connectivity index (χ4v) is 3.72. The predicted molar refractivity (Wildman–Crippen MR) is 89.0 cm³/mol. The minimum atomic E-state index is -0.848. The first-order chi connectivity index (χ1) is 11.6. The number of hydrogen-bond acceptors (Lipinski definition) is 3. The van der Waals surface area contributed by atoms with Gasteiger partial charge in [0.15, 0.2) is 0 Å². The van der Waals surface area contributed by atoms with Crippen molar-refractivity contribution in [2.24, 2.45) is 0 Å². The fourth-order valence-electron chi connectivity index (χ4n) is 3.72. The number of urea groups is 1. The average molecular weight is 332 g/mol. The molecule has 6 heteroatoms. The third kappa shape index (κ3) is 3.80. The van der Waals surface area contributed by atoms with Crippen molar-refractivity contribution >= 4 is 12.0 Å². The number of nitrogens with one attached hydrogen (secondary N) is 2. The van der Waals surface area contributed by atoms with E-state index in [4.69, 9.17) is 9.84 Å². The molecule has 1 aromatic rings. The molecule has 2 amide bonds. The molecule has 2 aliphatic rings. The number of carbonyl (C=O) groups is 2. The van der Waals surface area contributed by atoms with Gasteiger partial charge in [0.1, 0.15) is 11.4 Å². The molecule has 1 heterocycles. The quantitative estimate of drug-likeness (QED) is 0.723. The second-order valence-corrected chi connectivity index (χ2v) is 6.68. The number of carboxylic acids is 1. The molecule has 130 valence electrons. The Labute approximate surface area is 141 Å². The molecular weight excluding hydrogens is 308 g/mol. The first kappa shape index (κ1) is 16.6. The second-order valence-electron chi connectivity index (χ2n) is 6.68. The van der Waals surface area contributed by atoms with Crippen molar-refractivity contribution in [3.8, 4) is 5.75 Å². The van der Waals surface area contributed by atoms with Gasteiger partial charge in [0, 0.05) is 24.9 Å². The van der Waals surface area contributed by atoms with Gasteiger partial charge in [0.25, 0.3) is 0 Å². The molecule has 0 bridgehead atoms. The Bertz CT molecular complexity index is 611. The third-order valence-electron chi connectivity index (χ3n) is 4.87. The van der Waals surface area contributed by atoms with Crippen LogP contribution in [0.5, 0.6) is 5.75 Å². The van der Waals surface area contributed by atoms with Gasteiger partial charge in [-0.05, 0) is 38.2 Å². The van der Waals surface area contributed by atoms with Crippen LogP contribution in [0.1, 0.15) is 56.6 Å². The summed E-state index contributed by atoms with van der Waals surface area (Å²) in [6.45, 7) is 0.355. The number of fused-ring (bicyclic) bond motifs is 1. The van der Waals surface area contributed by atoms with Gasteiger partial charge in [-0.2, -0.15) is 0 Å². The zero-order valence-corrected chi connectivity index (χ0v) is 13.7.